The van der Waals surface area contributed by atoms with E-state index in [0.717, 1.165) is 27.8 Å². The van der Waals surface area contributed by atoms with Gasteiger partial charge >= 0.3 is 0 Å². The number of carbonyl (C=O) groups excluding carboxylic acids is 1. The summed E-state index contributed by atoms with van der Waals surface area (Å²) in [6.45, 7) is 2.25. The Balaban J connectivity index is 1.62. The maximum absolute atomic E-state index is 12.3. The molecule has 0 aliphatic heterocycles. The molecule has 3 rings (SSSR count). The highest BCUT2D eigenvalue weighted by atomic mass is 16.5. The van der Waals surface area contributed by atoms with Crippen LogP contribution in [0, 0.1) is 0 Å². The van der Waals surface area contributed by atoms with E-state index in [2.05, 4.69) is 10.3 Å². The highest BCUT2D eigenvalue weighted by Gasteiger charge is 2.06. The minimum atomic E-state index is -0.194. The highest BCUT2D eigenvalue weighted by Crippen LogP contribution is 2.19. The third-order valence-corrected chi connectivity index (χ3v) is 4.72. The zero-order valence-electron chi connectivity index (χ0n) is 16.7. The van der Waals surface area contributed by atoms with Crippen LogP contribution in [-0.4, -0.2) is 31.7 Å². The molecule has 0 atom stereocenters. The summed E-state index contributed by atoms with van der Waals surface area (Å²) < 4.78 is 10.3. The molecule has 0 fully saturated rings. The molecule has 0 aliphatic carbocycles. The number of H-pyrrole nitrogens is 1. The number of rotatable bonds is 7. The van der Waals surface area contributed by atoms with Crippen LogP contribution in [0.15, 0.2) is 59.4 Å². The summed E-state index contributed by atoms with van der Waals surface area (Å²) in [6, 6.07) is 14.9. The van der Waals surface area contributed by atoms with Crippen molar-refractivity contribution in [3.05, 3.63) is 76.1 Å². The molecule has 1 heterocycles. The second-order valence-electron chi connectivity index (χ2n) is 6.67. The molecule has 0 radical (unpaired) electrons. The van der Waals surface area contributed by atoms with Crippen LogP contribution >= 0.6 is 0 Å². The van der Waals surface area contributed by atoms with Crippen molar-refractivity contribution >= 4 is 22.4 Å². The van der Waals surface area contributed by atoms with Gasteiger partial charge < -0.3 is 19.8 Å². The third kappa shape index (κ3) is 5.04. The molecule has 6 nitrogen and oxygen atoms in total. The topological polar surface area (TPSA) is 80.4 Å². The molecule has 0 saturated heterocycles. The van der Waals surface area contributed by atoms with Crippen molar-refractivity contribution < 1.29 is 14.3 Å². The molecule has 1 aromatic heterocycles. The number of hydrogen-bond acceptors (Lipinski definition) is 4. The normalized spacial score (nSPS) is 11.3. The molecular weight excluding hydrogens is 368 g/mol. The molecular formula is C23H24N2O4. The van der Waals surface area contributed by atoms with E-state index in [0.29, 0.717) is 24.3 Å². The number of methoxy groups -OCH3 is 2. The molecule has 150 valence electrons. The maximum atomic E-state index is 12.3. The SMILES string of the molecule is COc1ccc(/C(C)=C/C(=O)NCCc2cc3ccc(OC)cc3[nH]c2=O)cc1. The van der Waals surface area contributed by atoms with Crippen LogP contribution in [0.1, 0.15) is 18.1 Å². The Bertz CT molecular complexity index is 1100. The standard InChI is InChI=1S/C23H24N2O4/c1-15(16-4-7-19(28-2)8-5-16)12-22(26)24-11-10-18-13-17-6-9-20(29-3)14-21(17)25-23(18)27/h4-9,12-14H,10-11H2,1-3H3,(H,24,26)(H,25,27)/b15-12+. The van der Waals surface area contributed by atoms with Gasteiger partial charge in [0.25, 0.3) is 5.56 Å². The van der Waals surface area contributed by atoms with E-state index >= 15 is 0 Å². The Morgan fingerprint density at radius 1 is 1.03 bits per heavy atom. The zero-order valence-corrected chi connectivity index (χ0v) is 16.7. The second kappa shape index (κ2) is 9.10. The first kappa shape index (κ1) is 20.2. The van der Waals surface area contributed by atoms with Gasteiger partial charge in [-0.25, -0.2) is 0 Å². The fraction of sp³-hybridized carbons (Fsp3) is 0.217. The minimum Gasteiger partial charge on any atom is -0.497 e. The molecule has 0 bridgehead atoms. The number of amides is 1. The molecule has 29 heavy (non-hydrogen) atoms. The van der Waals surface area contributed by atoms with Crippen LogP contribution in [-0.2, 0) is 11.2 Å². The molecule has 6 heteroatoms. The molecule has 2 N–H and O–H groups in total. The highest BCUT2D eigenvalue weighted by molar-refractivity contribution is 5.94. The van der Waals surface area contributed by atoms with Gasteiger partial charge in [0.05, 0.1) is 19.7 Å². The number of aromatic amines is 1. The van der Waals surface area contributed by atoms with E-state index in [-0.39, 0.29) is 11.5 Å². The largest absolute Gasteiger partial charge is 0.497 e. The maximum Gasteiger partial charge on any atom is 0.251 e. The van der Waals surface area contributed by atoms with Gasteiger partial charge in [0, 0.05) is 24.3 Å². The van der Waals surface area contributed by atoms with Crippen LogP contribution in [0.4, 0.5) is 0 Å². The van der Waals surface area contributed by atoms with E-state index in [9.17, 15) is 9.59 Å². The van der Waals surface area contributed by atoms with Gasteiger partial charge in [-0.1, -0.05) is 12.1 Å². The number of benzene rings is 2. The monoisotopic (exact) mass is 392 g/mol. The summed E-state index contributed by atoms with van der Waals surface area (Å²) >= 11 is 0. The van der Waals surface area contributed by atoms with Crippen molar-refractivity contribution in [3.8, 4) is 11.5 Å². The average molecular weight is 392 g/mol. The van der Waals surface area contributed by atoms with Crippen molar-refractivity contribution in [2.75, 3.05) is 20.8 Å². The summed E-state index contributed by atoms with van der Waals surface area (Å²) in [7, 11) is 3.20. The molecule has 0 aliphatic rings. The molecule has 0 spiro atoms. The van der Waals surface area contributed by atoms with Crippen LogP contribution in [0.5, 0.6) is 11.5 Å². The van der Waals surface area contributed by atoms with Gasteiger partial charge in [-0.15, -0.1) is 0 Å². The van der Waals surface area contributed by atoms with Gasteiger partial charge in [0.15, 0.2) is 0 Å². The Morgan fingerprint density at radius 3 is 2.41 bits per heavy atom. The molecule has 0 unspecified atom stereocenters. The van der Waals surface area contributed by atoms with E-state index in [4.69, 9.17) is 9.47 Å². The number of nitrogens with one attached hydrogen (secondary N) is 2. The van der Waals surface area contributed by atoms with Gasteiger partial charge in [-0.2, -0.15) is 0 Å². The summed E-state index contributed by atoms with van der Waals surface area (Å²) in [4.78, 5) is 27.4. The van der Waals surface area contributed by atoms with Crippen LogP contribution in [0.25, 0.3) is 16.5 Å². The van der Waals surface area contributed by atoms with Crippen molar-refractivity contribution in [1.82, 2.24) is 10.3 Å². The predicted octanol–water partition coefficient (Wildman–Crippen LogP) is 3.31. The summed E-state index contributed by atoms with van der Waals surface area (Å²) in [5, 5.41) is 3.75. The molecule has 2 aromatic carbocycles. The number of aromatic nitrogens is 1. The lowest BCUT2D eigenvalue weighted by Crippen LogP contribution is -2.26. The predicted molar refractivity (Wildman–Crippen MR) is 114 cm³/mol. The lowest BCUT2D eigenvalue weighted by Gasteiger charge is -2.07. The van der Waals surface area contributed by atoms with Crippen LogP contribution < -0.4 is 20.3 Å². The Hall–Kier alpha value is -3.54. The molecule has 0 saturated carbocycles. The van der Waals surface area contributed by atoms with Crippen molar-refractivity contribution in [2.24, 2.45) is 0 Å². The third-order valence-electron chi connectivity index (χ3n) is 4.72. The van der Waals surface area contributed by atoms with Gasteiger partial charge in [0.1, 0.15) is 11.5 Å². The lowest BCUT2D eigenvalue weighted by atomic mass is 10.1. The Kier molecular flexibility index (Phi) is 6.34. The number of hydrogen-bond donors (Lipinski definition) is 2. The summed E-state index contributed by atoms with van der Waals surface area (Å²) in [5.74, 6) is 1.26. The number of fused-ring (bicyclic) bond motifs is 1. The van der Waals surface area contributed by atoms with Gasteiger partial charge in [-0.05, 0) is 60.2 Å². The van der Waals surface area contributed by atoms with Crippen LogP contribution in [0.3, 0.4) is 0 Å². The number of ether oxygens (including phenoxy) is 2. The first-order valence-electron chi connectivity index (χ1n) is 9.30. The fourth-order valence-corrected chi connectivity index (χ4v) is 3.04. The van der Waals surface area contributed by atoms with Gasteiger partial charge in [-0.3, -0.25) is 9.59 Å². The van der Waals surface area contributed by atoms with E-state index in [1.54, 1.807) is 26.4 Å². The quantitative estimate of drug-likeness (QED) is 0.605. The average Bonchev–Trinajstić information content (AvgIpc) is 2.73. The van der Waals surface area contributed by atoms with Crippen LogP contribution in [0.2, 0.25) is 0 Å². The van der Waals surface area contributed by atoms with Crippen molar-refractivity contribution in [2.45, 2.75) is 13.3 Å². The number of allylic oxidation sites excluding steroid dienone is 1. The van der Waals surface area contributed by atoms with E-state index < -0.39 is 0 Å². The van der Waals surface area contributed by atoms with E-state index in [1.165, 1.54) is 0 Å². The fourth-order valence-electron chi connectivity index (χ4n) is 3.04. The first-order valence-corrected chi connectivity index (χ1v) is 9.30. The Morgan fingerprint density at radius 2 is 1.72 bits per heavy atom. The zero-order chi connectivity index (χ0) is 20.8. The van der Waals surface area contributed by atoms with Crippen molar-refractivity contribution in [3.63, 3.8) is 0 Å². The lowest BCUT2D eigenvalue weighted by molar-refractivity contribution is -0.116. The first-order chi connectivity index (χ1) is 14.0. The second-order valence-corrected chi connectivity index (χ2v) is 6.67. The number of carbonyl (C=O) groups is 1. The summed E-state index contributed by atoms with van der Waals surface area (Å²) in [5.41, 5.74) is 2.98. The smallest absolute Gasteiger partial charge is 0.251 e. The summed E-state index contributed by atoms with van der Waals surface area (Å²) in [6.07, 6.45) is 2.00. The van der Waals surface area contributed by atoms with Gasteiger partial charge in [0.2, 0.25) is 5.91 Å². The minimum absolute atomic E-state index is 0.162. The molecule has 1 amide bonds. The number of pyridine rings is 1. The molecule has 3 aromatic rings. The van der Waals surface area contributed by atoms with E-state index in [1.807, 2.05) is 49.4 Å². The van der Waals surface area contributed by atoms with Crippen molar-refractivity contribution in [1.29, 1.82) is 0 Å². The Labute approximate surface area is 169 Å².